The minimum atomic E-state index is 0.337. The summed E-state index contributed by atoms with van der Waals surface area (Å²) in [7, 11) is 0. The van der Waals surface area contributed by atoms with Crippen molar-refractivity contribution in [2.45, 2.75) is 25.7 Å². The zero-order valence-electron chi connectivity index (χ0n) is 12.5. The van der Waals surface area contributed by atoms with Crippen molar-refractivity contribution in [1.82, 2.24) is 0 Å². The van der Waals surface area contributed by atoms with Gasteiger partial charge in [0, 0.05) is 6.61 Å². The molecule has 20 heavy (non-hydrogen) atoms. The molecule has 0 saturated heterocycles. The Balaban J connectivity index is 2.91. The SMILES string of the molecule is C#CCOCCOCCOCCOCCCCCCN. The maximum atomic E-state index is 5.45. The van der Waals surface area contributed by atoms with Crippen LogP contribution in [0.5, 0.6) is 0 Å². The van der Waals surface area contributed by atoms with Gasteiger partial charge < -0.3 is 24.7 Å². The molecule has 5 heteroatoms. The Labute approximate surface area is 123 Å². The van der Waals surface area contributed by atoms with Crippen LogP contribution in [-0.2, 0) is 18.9 Å². The smallest absolute Gasteiger partial charge is 0.107 e. The highest BCUT2D eigenvalue weighted by molar-refractivity contribution is 4.82. The highest BCUT2D eigenvalue weighted by atomic mass is 16.6. The van der Waals surface area contributed by atoms with E-state index in [1.54, 1.807) is 0 Å². The summed E-state index contributed by atoms with van der Waals surface area (Å²) in [5.41, 5.74) is 5.42. The van der Waals surface area contributed by atoms with Crippen LogP contribution in [0.15, 0.2) is 0 Å². The fourth-order valence-corrected chi connectivity index (χ4v) is 1.49. The van der Waals surface area contributed by atoms with Crippen LogP contribution in [0.2, 0.25) is 0 Å². The molecule has 0 rings (SSSR count). The molecule has 0 atom stereocenters. The third kappa shape index (κ3) is 17.4. The van der Waals surface area contributed by atoms with E-state index in [0.29, 0.717) is 46.2 Å². The molecule has 0 bridgehead atoms. The number of ether oxygens (including phenoxy) is 4. The zero-order valence-corrected chi connectivity index (χ0v) is 12.5. The van der Waals surface area contributed by atoms with Gasteiger partial charge in [-0.1, -0.05) is 18.8 Å². The molecule has 5 nitrogen and oxygen atoms in total. The maximum absolute atomic E-state index is 5.45. The van der Waals surface area contributed by atoms with E-state index < -0.39 is 0 Å². The molecule has 0 aliphatic rings. The summed E-state index contributed by atoms with van der Waals surface area (Å²) < 4.78 is 21.2. The lowest BCUT2D eigenvalue weighted by Crippen LogP contribution is -2.12. The molecule has 0 saturated carbocycles. The quantitative estimate of drug-likeness (QED) is 0.341. The third-order valence-corrected chi connectivity index (χ3v) is 2.54. The number of unbranched alkanes of at least 4 members (excludes halogenated alkanes) is 3. The van der Waals surface area contributed by atoms with Gasteiger partial charge in [-0.15, -0.1) is 6.42 Å². The predicted octanol–water partition coefficient (Wildman–Crippen LogP) is 1.21. The van der Waals surface area contributed by atoms with Crippen molar-refractivity contribution in [3.8, 4) is 12.3 Å². The molecule has 0 aliphatic heterocycles. The second-order valence-electron chi connectivity index (χ2n) is 4.30. The molecule has 0 fully saturated rings. The zero-order chi connectivity index (χ0) is 14.7. The van der Waals surface area contributed by atoms with Gasteiger partial charge in [-0.2, -0.15) is 0 Å². The highest BCUT2D eigenvalue weighted by Crippen LogP contribution is 1.98. The van der Waals surface area contributed by atoms with Crippen molar-refractivity contribution in [2.24, 2.45) is 5.73 Å². The topological polar surface area (TPSA) is 62.9 Å². The van der Waals surface area contributed by atoms with E-state index in [0.717, 1.165) is 26.0 Å². The van der Waals surface area contributed by atoms with Crippen LogP contribution in [0.25, 0.3) is 0 Å². The van der Waals surface area contributed by atoms with Crippen molar-refractivity contribution in [3.63, 3.8) is 0 Å². The van der Waals surface area contributed by atoms with E-state index in [4.69, 9.17) is 31.1 Å². The average Bonchev–Trinajstić information content (AvgIpc) is 2.47. The molecular weight excluding hydrogens is 258 g/mol. The fourth-order valence-electron chi connectivity index (χ4n) is 1.49. The summed E-state index contributed by atoms with van der Waals surface area (Å²) in [5, 5.41) is 0. The predicted molar refractivity (Wildman–Crippen MR) is 79.6 cm³/mol. The Bertz CT molecular complexity index is 218. The van der Waals surface area contributed by atoms with Crippen LogP contribution >= 0.6 is 0 Å². The average molecular weight is 287 g/mol. The molecule has 0 unspecified atom stereocenters. The summed E-state index contributed by atoms with van der Waals surface area (Å²) in [5.74, 6) is 2.40. The van der Waals surface area contributed by atoms with Crippen molar-refractivity contribution in [2.75, 3.05) is 59.4 Å². The molecule has 0 aromatic rings. The van der Waals surface area contributed by atoms with Crippen molar-refractivity contribution in [3.05, 3.63) is 0 Å². The Kier molecular flexibility index (Phi) is 17.8. The van der Waals surface area contributed by atoms with E-state index in [1.807, 2.05) is 0 Å². The normalized spacial score (nSPS) is 10.6. The van der Waals surface area contributed by atoms with Gasteiger partial charge in [-0.25, -0.2) is 0 Å². The van der Waals surface area contributed by atoms with Gasteiger partial charge in [-0.05, 0) is 19.4 Å². The summed E-state index contributed by atoms with van der Waals surface area (Å²) in [6, 6.07) is 0. The summed E-state index contributed by atoms with van der Waals surface area (Å²) >= 11 is 0. The maximum Gasteiger partial charge on any atom is 0.107 e. The first-order valence-corrected chi connectivity index (χ1v) is 7.36. The third-order valence-electron chi connectivity index (χ3n) is 2.54. The lowest BCUT2D eigenvalue weighted by molar-refractivity contribution is 0.000919. The molecule has 118 valence electrons. The van der Waals surface area contributed by atoms with Gasteiger partial charge in [-0.3, -0.25) is 0 Å². The number of hydrogen-bond donors (Lipinski definition) is 1. The van der Waals surface area contributed by atoms with Crippen LogP contribution in [0.3, 0.4) is 0 Å². The lowest BCUT2D eigenvalue weighted by Gasteiger charge is -2.07. The van der Waals surface area contributed by atoms with Crippen LogP contribution in [0.4, 0.5) is 0 Å². The number of terminal acetylenes is 1. The van der Waals surface area contributed by atoms with Crippen LogP contribution in [0.1, 0.15) is 25.7 Å². The van der Waals surface area contributed by atoms with Crippen molar-refractivity contribution in [1.29, 1.82) is 0 Å². The van der Waals surface area contributed by atoms with Gasteiger partial charge in [0.2, 0.25) is 0 Å². The monoisotopic (exact) mass is 287 g/mol. The van der Waals surface area contributed by atoms with Gasteiger partial charge >= 0.3 is 0 Å². The molecule has 2 N–H and O–H groups in total. The largest absolute Gasteiger partial charge is 0.379 e. The molecule has 0 radical (unpaired) electrons. The molecule has 0 spiro atoms. The van der Waals surface area contributed by atoms with E-state index in [2.05, 4.69) is 5.92 Å². The number of nitrogens with two attached hydrogens (primary N) is 1. The molecular formula is C15H29NO4. The molecule has 0 heterocycles. The first-order valence-electron chi connectivity index (χ1n) is 7.36. The Hall–Kier alpha value is -0.640. The Morgan fingerprint density at radius 3 is 1.70 bits per heavy atom. The van der Waals surface area contributed by atoms with Gasteiger partial charge in [0.1, 0.15) is 6.61 Å². The van der Waals surface area contributed by atoms with Crippen molar-refractivity contribution >= 4 is 0 Å². The lowest BCUT2D eigenvalue weighted by atomic mass is 10.2. The first-order chi connectivity index (χ1) is 9.91. The summed E-state index contributed by atoms with van der Waals surface area (Å²) in [6.45, 7) is 5.39. The molecule has 0 aromatic heterocycles. The molecule has 0 aromatic carbocycles. The first kappa shape index (κ1) is 19.4. The minimum absolute atomic E-state index is 0.337. The second kappa shape index (κ2) is 18.4. The standard InChI is InChI=1S/C15H29NO4/c1-2-8-17-10-12-19-14-15-20-13-11-18-9-6-4-3-5-7-16/h1H,3-16H2. The van der Waals surface area contributed by atoms with Crippen LogP contribution in [0, 0.1) is 12.3 Å². The summed E-state index contributed by atoms with van der Waals surface area (Å²) in [6.07, 6.45) is 9.62. The minimum Gasteiger partial charge on any atom is -0.379 e. The van der Waals surface area contributed by atoms with Crippen LogP contribution < -0.4 is 5.73 Å². The van der Waals surface area contributed by atoms with E-state index in [9.17, 15) is 0 Å². The van der Waals surface area contributed by atoms with E-state index >= 15 is 0 Å². The highest BCUT2D eigenvalue weighted by Gasteiger charge is 1.93. The number of hydrogen-bond acceptors (Lipinski definition) is 5. The molecule has 0 aliphatic carbocycles. The van der Waals surface area contributed by atoms with E-state index in [1.165, 1.54) is 12.8 Å². The van der Waals surface area contributed by atoms with Crippen molar-refractivity contribution < 1.29 is 18.9 Å². The molecule has 0 amide bonds. The Morgan fingerprint density at radius 2 is 1.15 bits per heavy atom. The van der Waals surface area contributed by atoms with E-state index in [-0.39, 0.29) is 0 Å². The van der Waals surface area contributed by atoms with Gasteiger partial charge in [0.15, 0.2) is 0 Å². The fraction of sp³-hybridized carbons (Fsp3) is 0.867. The Morgan fingerprint density at radius 1 is 0.650 bits per heavy atom. The summed E-state index contributed by atoms with van der Waals surface area (Å²) in [4.78, 5) is 0. The van der Waals surface area contributed by atoms with Gasteiger partial charge in [0.05, 0.1) is 39.6 Å². The van der Waals surface area contributed by atoms with Gasteiger partial charge in [0.25, 0.3) is 0 Å². The number of rotatable bonds is 16. The van der Waals surface area contributed by atoms with Crippen LogP contribution in [-0.4, -0.2) is 59.4 Å². The second-order valence-corrected chi connectivity index (χ2v) is 4.30.